The van der Waals surface area contributed by atoms with Crippen LogP contribution in [0.1, 0.15) is 25.7 Å². The highest BCUT2D eigenvalue weighted by Gasteiger charge is 2.33. The molecule has 0 aromatic heterocycles. The van der Waals surface area contributed by atoms with Crippen molar-refractivity contribution in [2.45, 2.75) is 41.9 Å². The molecule has 2 rings (SSSR count). The maximum absolute atomic E-state index is 12.6. The third-order valence-corrected chi connectivity index (χ3v) is 6.85. The van der Waals surface area contributed by atoms with Gasteiger partial charge in [-0.15, -0.1) is 0 Å². The van der Waals surface area contributed by atoms with Crippen LogP contribution < -0.4 is 5.32 Å². The normalized spacial score (nSPS) is 25.0. The Balaban J connectivity index is 2.29. The number of benzene rings is 1. The summed E-state index contributed by atoms with van der Waals surface area (Å²) in [6.07, 6.45) is 3.51. The van der Waals surface area contributed by atoms with Crippen LogP contribution >= 0.6 is 15.9 Å². The van der Waals surface area contributed by atoms with Gasteiger partial charge in [-0.1, -0.05) is 18.6 Å². The maximum Gasteiger partial charge on any atom is 0.182 e. The first-order chi connectivity index (χ1) is 8.55. The molecule has 1 saturated carbocycles. The summed E-state index contributed by atoms with van der Waals surface area (Å²) in [6, 6.07) is 7.39. The van der Waals surface area contributed by atoms with E-state index in [2.05, 4.69) is 21.2 Å². The first-order valence-corrected chi connectivity index (χ1v) is 8.55. The predicted octanol–water partition coefficient (Wildman–Crippen LogP) is 2.75. The predicted molar refractivity (Wildman–Crippen MR) is 76.4 cm³/mol. The molecule has 0 bridgehead atoms. The average Bonchev–Trinajstić information content (AvgIpc) is 2.39. The van der Waals surface area contributed by atoms with Crippen molar-refractivity contribution in [3.63, 3.8) is 0 Å². The molecule has 1 aliphatic carbocycles. The van der Waals surface area contributed by atoms with Gasteiger partial charge in [0.25, 0.3) is 0 Å². The summed E-state index contributed by atoms with van der Waals surface area (Å²) in [5, 5.41) is 2.93. The average molecular weight is 332 g/mol. The van der Waals surface area contributed by atoms with Gasteiger partial charge in [0.1, 0.15) is 0 Å². The highest BCUT2D eigenvalue weighted by Crippen LogP contribution is 2.32. The van der Waals surface area contributed by atoms with Crippen LogP contribution in [0.25, 0.3) is 0 Å². The number of hydrogen-bond acceptors (Lipinski definition) is 3. The quantitative estimate of drug-likeness (QED) is 0.926. The Morgan fingerprint density at radius 3 is 2.67 bits per heavy atom. The van der Waals surface area contributed by atoms with Gasteiger partial charge in [0, 0.05) is 10.5 Å². The fourth-order valence-electron chi connectivity index (χ4n) is 2.54. The molecule has 1 N–H and O–H groups in total. The molecule has 0 aliphatic heterocycles. The molecule has 2 unspecified atom stereocenters. The fourth-order valence-corrected chi connectivity index (χ4v) is 5.44. The maximum atomic E-state index is 12.6. The van der Waals surface area contributed by atoms with E-state index in [0.29, 0.717) is 21.8 Å². The minimum absolute atomic E-state index is 0.262. The van der Waals surface area contributed by atoms with Crippen LogP contribution in [0.3, 0.4) is 0 Å². The molecule has 1 aromatic rings. The molecule has 5 heteroatoms. The molecule has 0 radical (unpaired) electrons. The second kappa shape index (κ2) is 5.72. The number of hydrogen-bond donors (Lipinski definition) is 1. The summed E-state index contributed by atoms with van der Waals surface area (Å²) < 4.78 is 25.9. The lowest BCUT2D eigenvalue weighted by Crippen LogP contribution is -2.37. The summed E-state index contributed by atoms with van der Waals surface area (Å²) >= 11 is 3.34. The van der Waals surface area contributed by atoms with Crippen LogP contribution in [0, 0.1) is 0 Å². The first-order valence-electron chi connectivity index (χ1n) is 6.21. The lowest BCUT2D eigenvalue weighted by Gasteiger charge is -2.28. The lowest BCUT2D eigenvalue weighted by atomic mass is 9.95. The summed E-state index contributed by atoms with van der Waals surface area (Å²) in [6.45, 7) is 0. The number of nitrogens with one attached hydrogen (secondary N) is 1. The zero-order chi connectivity index (χ0) is 13.2. The summed E-state index contributed by atoms with van der Waals surface area (Å²) in [5.41, 5.74) is 0. The Labute approximate surface area is 117 Å². The van der Waals surface area contributed by atoms with Crippen molar-refractivity contribution in [2.75, 3.05) is 7.05 Å². The number of rotatable bonds is 3. The van der Waals surface area contributed by atoms with Gasteiger partial charge < -0.3 is 5.32 Å². The second-order valence-electron chi connectivity index (χ2n) is 4.75. The molecule has 0 saturated heterocycles. The summed E-state index contributed by atoms with van der Waals surface area (Å²) in [4.78, 5) is 0.423. The van der Waals surface area contributed by atoms with E-state index in [1.807, 2.05) is 13.1 Å². The number of halogens is 1. The Morgan fingerprint density at radius 1 is 1.28 bits per heavy atom. The largest absolute Gasteiger partial charge is 0.317 e. The van der Waals surface area contributed by atoms with E-state index in [1.165, 1.54) is 0 Å². The van der Waals surface area contributed by atoms with Gasteiger partial charge in [-0.2, -0.15) is 0 Å². The fraction of sp³-hybridized carbons (Fsp3) is 0.538. The standard InChI is InChI=1S/C13H18BrNO2S/c1-15-10-5-4-6-11(9-10)18(16,17)13-8-3-2-7-12(13)14/h2-3,7-8,10-11,15H,4-6,9H2,1H3. The van der Waals surface area contributed by atoms with Gasteiger partial charge in [0.05, 0.1) is 10.1 Å². The SMILES string of the molecule is CNC1CCCC(S(=O)(=O)c2ccccc2Br)C1. The van der Waals surface area contributed by atoms with Crippen LogP contribution in [-0.4, -0.2) is 26.8 Å². The van der Waals surface area contributed by atoms with E-state index in [1.54, 1.807) is 18.2 Å². The zero-order valence-corrected chi connectivity index (χ0v) is 12.8. The van der Waals surface area contributed by atoms with E-state index < -0.39 is 9.84 Å². The Bertz CT molecular complexity index is 515. The molecule has 0 spiro atoms. The smallest absolute Gasteiger partial charge is 0.182 e. The first kappa shape index (κ1) is 14.0. The minimum atomic E-state index is -3.22. The highest BCUT2D eigenvalue weighted by atomic mass is 79.9. The van der Waals surface area contributed by atoms with Crippen LogP contribution in [0.5, 0.6) is 0 Å². The van der Waals surface area contributed by atoms with E-state index in [0.717, 1.165) is 19.3 Å². The van der Waals surface area contributed by atoms with Gasteiger partial charge in [-0.05, 0) is 54.4 Å². The van der Waals surface area contributed by atoms with Gasteiger partial charge in [-0.3, -0.25) is 0 Å². The number of sulfone groups is 1. The lowest BCUT2D eigenvalue weighted by molar-refractivity contribution is 0.390. The van der Waals surface area contributed by atoms with Crippen molar-refractivity contribution in [2.24, 2.45) is 0 Å². The molecule has 2 atom stereocenters. The van der Waals surface area contributed by atoms with Gasteiger partial charge in [-0.25, -0.2) is 8.42 Å². The van der Waals surface area contributed by atoms with Crippen LogP contribution in [0.4, 0.5) is 0 Å². The summed E-state index contributed by atoms with van der Waals surface area (Å²) in [7, 11) is -1.32. The van der Waals surface area contributed by atoms with Gasteiger partial charge in [0.2, 0.25) is 0 Å². The van der Waals surface area contributed by atoms with Crippen LogP contribution in [-0.2, 0) is 9.84 Å². The van der Waals surface area contributed by atoms with E-state index in [4.69, 9.17) is 0 Å². The molecule has 1 aromatic carbocycles. The van der Waals surface area contributed by atoms with Crippen molar-refractivity contribution in [3.05, 3.63) is 28.7 Å². The second-order valence-corrected chi connectivity index (χ2v) is 7.80. The highest BCUT2D eigenvalue weighted by molar-refractivity contribution is 9.10. The molecule has 0 amide bonds. The van der Waals surface area contributed by atoms with Crippen LogP contribution in [0.15, 0.2) is 33.6 Å². The molecule has 1 fully saturated rings. The molecular weight excluding hydrogens is 314 g/mol. The summed E-state index contributed by atoms with van der Waals surface area (Å²) in [5.74, 6) is 0. The molecule has 18 heavy (non-hydrogen) atoms. The van der Waals surface area contributed by atoms with E-state index >= 15 is 0 Å². The Kier molecular flexibility index (Phi) is 4.45. The van der Waals surface area contributed by atoms with Gasteiger partial charge in [0.15, 0.2) is 9.84 Å². The Morgan fingerprint density at radius 2 is 2.00 bits per heavy atom. The monoisotopic (exact) mass is 331 g/mol. The van der Waals surface area contributed by atoms with E-state index in [9.17, 15) is 8.42 Å². The molecule has 100 valence electrons. The molecule has 1 aliphatic rings. The molecular formula is C13H18BrNO2S. The third-order valence-electron chi connectivity index (χ3n) is 3.62. The van der Waals surface area contributed by atoms with Crippen molar-refractivity contribution in [3.8, 4) is 0 Å². The van der Waals surface area contributed by atoms with Crippen molar-refractivity contribution >= 4 is 25.8 Å². The topological polar surface area (TPSA) is 46.2 Å². The minimum Gasteiger partial charge on any atom is -0.317 e. The van der Waals surface area contributed by atoms with Crippen molar-refractivity contribution < 1.29 is 8.42 Å². The Hall–Kier alpha value is -0.390. The van der Waals surface area contributed by atoms with Crippen molar-refractivity contribution in [1.29, 1.82) is 0 Å². The van der Waals surface area contributed by atoms with Gasteiger partial charge >= 0.3 is 0 Å². The van der Waals surface area contributed by atoms with Crippen molar-refractivity contribution in [1.82, 2.24) is 5.32 Å². The van der Waals surface area contributed by atoms with E-state index in [-0.39, 0.29) is 5.25 Å². The zero-order valence-electron chi connectivity index (χ0n) is 10.4. The molecule has 3 nitrogen and oxygen atoms in total. The molecule has 0 heterocycles. The third kappa shape index (κ3) is 2.78. The van der Waals surface area contributed by atoms with Crippen LogP contribution in [0.2, 0.25) is 0 Å².